The maximum Gasteiger partial charge on any atom is 0.164 e. The SMILES string of the molecule is CC(C)=CCC12C[C@@H]3C(C)(C)[C@H](C(C)(C)O)C[C@]3(C(=O)C(C(=O)C(C)C)C1=O)C2=O. The predicted molar refractivity (Wildman–Crippen MR) is 114 cm³/mol. The lowest BCUT2D eigenvalue weighted by molar-refractivity contribution is -0.161. The highest BCUT2D eigenvalue weighted by atomic mass is 16.3. The summed E-state index contributed by atoms with van der Waals surface area (Å²) in [7, 11) is 0. The maximum absolute atomic E-state index is 14.0. The molecule has 2 unspecified atom stereocenters. The van der Waals surface area contributed by atoms with E-state index in [0.717, 1.165) is 5.57 Å². The van der Waals surface area contributed by atoms with E-state index in [1.165, 1.54) is 0 Å². The first kappa shape index (κ1) is 23.1. The van der Waals surface area contributed by atoms with E-state index in [9.17, 15) is 24.3 Å². The van der Waals surface area contributed by atoms with Crippen LogP contribution < -0.4 is 0 Å². The third-order valence-electron chi connectivity index (χ3n) is 8.31. The van der Waals surface area contributed by atoms with Crippen molar-refractivity contribution in [2.45, 2.75) is 80.3 Å². The summed E-state index contributed by atoms with van der Waals surface area (Å²) in [4.78, 5) is 54.5. The van der Waals surface area contributed by atoms with Crippen LogP contribution in [0.4, 0.5) is 0 Å². The van der Waals surface area contributed by atoms with Gasteiger partial charge in [-0.1, -0.05) is 39.3 Å². The Morgan fingerprint density at radius 3 is 2.17 bits per heavy atom. The topological polar surface area (TPSA) is 88.5 Å². The van der Waals surface area contributed by atoms with Crippen LogP contribution in [0.1, 0.15) is 74.7 Å². The second-order valence-electron chi connectivity index (χ2n) is 11.6. The third kappa shape index (κ3) is 2.77. The smallest absolute Gasteiger partial charge is 0.164 e. The van der Waals surface area contributed by atoms with Gasteiger partial charge in [0.05, 0.1) is 16.4 Å². The van der Waals surface area contributed by atoms with Gasteiger partial charge in [0.25, 0.3) is 0 Å². The molecule has 3 aliphatic rings. The van der Waals surface area contributed by atoms with E-state index in [0.29, 0.717) is 0 Å². The molecular weight excluding hydrogens is 380 g/mol. The molecule has 0 aromatic heterocycles. The summed E-state index contributed by atoms with van der Waals surface area (Å²) in [5, 5.41) is 10.9. The van der Waals surface area contributed by atoms with Gasteiger partial charge in [0.2, 0.25) is 0 Å². The Kier molecular flexibility index (Phi) is 5.14. The van der Waals surface area contributed by atoms with Gasteiger partial charge in [-0.2, -0.15) is 0 Å². The van der Waals surface area contributed by atoms with Crippen molar-refractivity contribution in [3.63, 3.8) is 0 Å². The molecule has 3 rings (SSSR count). The first-order valence-electron chi connectivity index (χ1n) is 11.1. The van der Waals surface area contributed by atoms with E-state index >= 15 is 0 Å². The Hall–Kier alpha value is -1.62. The molecule has 5 heteroatoms. The van der Waals surface area contributed by atoms with Crippen LogP contribution in [-0.4, -0.2) is 33.8 Å². The molecular formula is C25H36O5. The maximum atomic E-state index is 14.0. The van der Waals surface area contributed by atoms with Crippen molar-refractivity contribution >= 4 is 23.1 Å². The van der Waals surface area contributed by atoms with E-state index in [1.807, 2.05) is 33.8 Å². The number of hydrogen-bond donors (Lipinski definition) is 1. The van der Waals surface area contributed by atoms with E-state index in [4.69, 9.17) is 0 Å². The molecule has 0 aromatic rings. The van der Waals surface area contributed by atoms with Crippen molar-refractivity contribution in [1.82, 2.24) is 0 Å². The zero-order chi connectivity index (χ0) is 23.0. The minimum atomic E-state index is -1.37. The quantitative estimate of drug-likeness (QED) is 0.545. The second-order valence-corrected chi connectivity index (χ2v) is 11.6. The highest BCUT2D eigenvalue weighted by Crippen LogP contribution is 2.72. The molecule has 30 heavy (non-hydrogen) atoms. The number of carbonyl (C=O) groups is 4. The molecule has 0 radical (unpaired) electrons. The van der Waals surface area contributed by atoms with Crippen LogP contribution in [0.25, 0.3) is 0 Å². The molecule has 3 aliphatic carbocycles. The number of rotatable bonds is 5. The summed E-state index contributed by atoms with van der Waals surface area (Å²) in [6.45, 7) is 14.6. The molecule has 3 saturated carbocycles. The average molecular weight is 417 g/mol. The van der Waals surface area contributed by atoms with Crippen LogP contribution in [0, 0.1) is 39.9 Å². The fourth-order valence-electron chi connectivity index (χ4n) is 6.82. The molecule has 0 amide bonds. The summed E-state index contributed by atoms with van der Waals surface area (Å²) in [6, 6.07) is 0. The van der Waals surface area contributed by atoms with E-state index in [2.05, 4.69) is 0 Å². The molecule has 2 bridgehead atoms. The Morgan fingerprint density at radius 1 is 1.13 bits per heavy atom. The molecule has 1 spiro atoms. The predicted octanol–water partition coefficient (Wildman–Crippen LogP) is 3.71. The van der Waals surface area contributed by atoms with Gasteiger partial charge in [0, 0.05) is 5.92 Å². The molecule has 5 nitrogen and oxygen atoms in total. The number of allylic oxidation sites excluding steroid dienone is 2. The van der Waals surface area contributed by atoms with Crippen LogP contribution in [0.3, 0.4) is 0 Å². The Balaban J connectivity index is 2.25. The number of hydrogen-bond acceptors (Lipinski definition) is 5. The standard InChI is InChI=1S/C25H36O5/c1-13(2)9-10-24-11-16-22(5,6)15(23(7,8)30)12-25(16,21(24)29)20(28)17(19(24)27)18(26)14(3)4/h9,14-17,30H,10-12H2,1-8H3/t15-,16-,17?,24?,25+/m1/s1. The van der Waals surface area contributed by atoms with Gasteiger partial charge < -0.3 is 5.11 Å². The Labute approximate surface area is 179 Å². The van der Waals surface area contributed by atoms with Crippen LogP contribution >= 0.6 is 0 Å². The van der Waals surface area contributed by atoms with Gasteiger partial charge in [-0.05, 0) is 64.2 Å². The van der Waals surface area contributed by atoms with Crippen molar-refractivity contribution in [3.05, 3.63) is 11.6 Å². The molecule has 0 aliphatic heterocycles. The molecule has 5 atom stereocenters. The van der Waals surface area contributed by atoms with E-state index in [-0.39, 0.29) is 42.7 Å². The fraction of sp³-hybridized carbons (Fsp3) is 0.760. The van der Waals surface area contributed by atoms with Crippen LogP contribution in [0.5, 0.6) is 0 Å². The molecule has 0 heterocycles. The Bertz CT molecular complexity index is 851. The molecule has 0 saturated heterocycles. The summed E-state index contributed by atoms with van der Waals surface area (Å²) >= 11 is 0. The summed E-state index contributed by atoms with van der Waals surface area (Å²) < 4.78 is 0. The fourth-order valence-corrected chi connectivity index (χ4v) is 6.82. The minimum absolute atomic E-state index is 0.206. The van der Waals surface area contributed by atoms with Crippen LogP contribution in [0.2, 0.25) is 0 Å². The number of aliphatic hydroxyl groups is 1. The largest absolute Gasteiger partial charge is 0.390 e. The monoisotopic (exact) mass is 416 g/mol. The second kappa shape index (κ2) is 6.69. The first-order chi connectivity index (χ1) is 13.5. The highest BCUT2D eigenvalue weighted by molar-refractivity contribution is 6.37. The first-order valence-corrected chi connectivity index (χ1v) is 11.1. The summed E-state index contributed by atoms with van der Waals surface area (Å²) in [6.07, 6.45) is 2.61. The van der Waals surface area contributed by atoms with Gasteiger partial charge in [-0.3, -0.25) is 19.2 Å². The zero-order valence-electron chi connectivity index (χ0n) is 19.6. The number of Topliss-reactive ketones (excluding diaryl/α,β-unsaturated/α-hetero) is 4. The lowest BCUT2D eigenvalue weighted by Gasteiger charge is -2.41. The highest BCUT2D eigenvalue weighted by Gasteiger charge is 2.80. The van der Waals surface area contributed by atoms with Crippen molar-refractivity contribution < 1.29 is 24.3 Å². The molecule has 166 valence electrons. The summed E-state index contributed by atoms with van der Waals surface area (Å²) in [5.41, 5.74) is -3.27. The molecule has 0 aromatic carbocycles. The van der Waals surface area contributed by atoms with Gasteiger partial charge in [0.15, 0.2) is 23.1 Å². The average Bonchev–Trinajstić information content (AvgIpc) is 2.97. The van der Waals surface area contributed by atoms with Gasteiger partial charge in [-0.15, -0.1) is 0 Å². The van der Waals surface area contributed by atoms with Crippen LogP contribution in [0.15, 0.2) is 11.6 Å². The van der Waals surface area contributed by atoms with E-state index < -0.39 is 45.2 Å². The van der Waals surface area contributed by atoms with Crippen LogP contribution in [-0.2, 0) is 19.2 Å². The van der Waals surface area contributed by atoms with Crippen molar-refractivity contribution in [2.24, 2.45) is 39.9 Å². The third-order valence-corrected chi connectivity index (χ3v) is 8.31. The lowest BCUT2D eigenvalue weighted by atomic mass is 9.57. The van der Waals surface area contributed by atoms with Crippen molar-refractivity contribution in [3.8, 4) is 0 Å². The van der Waals surface area contributed by atoms with Gasteiger partial charge in [0.1, 0.15) is 5.92 Å². The lowest BCUT2D eigenvalue weighted by Crippen LogP contribution is -2.59. The molecule has 3 fully saturated rings. The van der Waals surface area contributed by atoms with Gasteiger partial charge in [-0.25, -0.2) is 0 Å². The minimum Gasteiger partial charge on any atom is -0.390 e. The normalized spacial score (nSPS) is 37.5. The number of carbonyl (C=O) groups excluding carboxylic acids is 4. The van der Waals surface area contributed by atoms with Gasteiger partial charge >= 0.3 is 0 Å². The number of ketones is 4. The summed E-state index contributed by atoms with van der Waals surface area (Å²) in [5.74, 6) is -4.17. The van der Waals surface area contributed by atoms with Crippen molar-refractivity contribution in [1.29, 1.82) is 0 Å². The van der Waals surface area contributed by atoms with Crippen molar-refractivity contribution in [2.75, 3.05) is 0 Å². The number of fused-ring (bicyclic) bond motifs is 1. The molecule has 1 N–H and O–H groups in total. The Morgan fingerprint density at radius 2 is 1.70 bits per heavy atom. The zero-order valence-corrected chi connectivity index (χ0v) is 19.6. The van der Waals surface area contributed by atoms with E-state index in [1.54, 1.807) is 27.7 Å².